The number of halogens is 3. The molecule has 1 heterocycles. The number of alkyl halides is 2. The molecular weight excluding hydrogens is 498 g/mol. The second-order valence-electron chi connectivity index (χ2n) is 4.38. The van der Waals surface area contributed by atoms with Crippen molar-refractivity contribution in [2.75, 3.05) is 0 Å². The first kappa shape index (κ1) is 17.8. The molecule has 1 aromatic carbocycles. The summed E-state index contributed by atoms with van der Waals surface area (Å²) in [4.78, 5) is 23.9. The van der Waals surface area contributed by atoms with Crippen LogP contribution in [0, 0.1) is 11.3 Å². The van der Waals surface area contributed by atoms with Crippen LogP contribution in [0.25, 0.3) is 0 Å². The predicted octanol–water partition coefficient (Wildman–Crippen LogP) is 3.66. The fourth-order valence-electron chi connectivity index (χ4n) is 1.56. The van der Waals surface area contributed by atoms with E-state index in [0.717, 1.165) is 4.68 Å². The molecule has 0 saturated heterocycles. The molecule has 0 amide bonds. The van der Waals surface area contributed by atoms with E-state index >= 15 is 0 Å². The molecule has 0 bridgehead atoms. The van der Waals surface area contributed by atoms with Gasteiger partial charge in [-0.3, -0.25) is 9.59 Å². The highest BCUT2D eigenvalue weighted by molar-refractivity contribution is 9.25. The van der Waals surface area contributed by atoms with Crippen LogP contribution in [0.5, 0.6) is 11.5 Å². The molecule has 0 atom stereocenters. The van der Waals surface area contributed by atoms with E-state index in [1.54, 1.807) is 24.3 Å². The Morgan fingerprint density at radius 1 is 1.35 bits per heavy atom. The summed E-state index contributed by atoms with van der Waals surface area (Å²) in [5.74, 6) is 0.286. The first-order valence-corrected chi connectivity index (χ1v) is 8.50. The van der Waals surface area contributed by atoms with Gasteiger partial charge in [-0.1, -0.05) is 0 Å². The van der Waals surface area contributed by atoms with E-state index in [0.29, 0.717) is 11.3 Å². The molecule has 6 nitrogen and oxygen atoms in total. The first-order chi connectivity index (χ1) is 10.8. The lowest BCUT2D eigenvalue weighted by Gasteiger charge is -2.19. The Morgan fingerprint density at radius 2 is 1.96 bits per heavy atom. The van der Waals surface area contributed by atoms with Crippen molar-refractivity contribution < 1.29 is 9.53 Å². The van der Waals surface area contributed by atoms with Crippen LogP contribution in [-0.2, 0) is 8.15 Å². The lowest BCUT2D eigenvalue weighted by Crippen LogP contribution is -2.38. The van der Waals surface area contributed by atoms with Gasteiger partial charge in [0.2, 0.25) is 3.36 Å². The first-order valence-electron chi connectivity index (χ1n) is 6.12. The Kier molecular flexibility index (Phi) is 5.39. The highest BCUT2D eigenvalue weighted by atomic mass is 79.9. The molecule has 0 aliphatic rings. The van der Waals surface area contributed by atoms with Gasteiger partial charge >= 0.3 is 0 Å². The number of hydrogen-bond acceptors (Lipinski definition) is 5. The van der Waals surface area contributed by atoms with Crippen molar-refractivity contribution in [1.29, 1.82) is 5.26 Å². The van der Waals surface area contributed by atoms with Gasteiger partial charge in [-0.2, -0.15) is 15.0 Å². The summed E-state index contributed by atoms with van der Waals surface area (Å²) >= 11 is 9.40. The third kappa shape index (κ3) is 3.71. The number of benzene rings is 1. The molecule has 1 aromatic heterocycles. The van der Waals surface area contributed by atoms with Gasteiger partial charge < -0.3 is 4.74 Å². The molecule has 0 saturated carbocycles. The fourth-order valence-corrected chi connectivity index (χ4v) is 2.42. The number of Topliss-reactive ketones (excluding diaryl/α,β-unsaturated/α-hetero) is 1. The van der Waals surface area contributed by atoms with Gasteiger partial charge in [0.25, 0.3) is 5.56 Å². The van der Waals surface area contributed by atoms with E-state index in [9.17, 15) is 9.59 Å². The number of nitrogens with zero attached hydrogens (tertiary/aromatic N) is 3. The Balaban J connectivity index is 2.39. The molecule has 0 fully saturated rings. The lowest BCUT2D eigenvalue weighted by atomic mass is 10.2. The smallest absolute Gasteiger partial charge is 0.287 e. The molecule has 0 radical (unpaired) electrons. The molecule has 0 N–H and O–H groups in total. The van der Waals surface area contributed by atoms with Crippen LogP contribution in [0.3, 0.4) is 0 Å². The zero-order valence-corrected chi connectivity index (χ0v) is 16.3. The Labute approximate surface area is 156 Å². The minimum absolute atomic E-state index is 0.112. The Morgan fingerprint density at radius 3 is 2.48 bits per heavy atom. The number of rotatable bonds is 4. The molecule has 2 aromatic rings. The minimum Gasteiger partial charge on any atom is -0.454 e. The number of carbonyl (C=O) groups excluding carboxylic acids is 1. The van der Waals surface area contributed by atoms with E-state index in [-0.39, 0.29) is 16.0 Å². The van der Waals surface area contributed by atoms with Crippen LogP contribution in [-0.4, -0.2) is 15.6 Å². The molecule has 0 spiro atoms. The van der Waals surface area contributed by atoms with Crippen LogP contribution >= 0.6 is 47.8 Å². The van der Waals surface area contributed by atoms with Crippen LogP contribution in [0.2, 0.25) is 0 Å². The van der Waals surface area contributed by atoms with Gasteiger partial charge in [0.05, 0.1) is 17.8 Å². The molecule has 23 heavy (non-hydrogen) atoms. The zero-order chi connectivity index (χ0) is 17.2. The van der Waals surface area contributed by atoms with E-state index in [1.165, 1.54) is 13.1 Å². The second kappa shape index (κ2) is 6.95. The molecule has 2 rings (SSSR count). The average Bonchev–Trinajstić information content (AvgIpc) is 2.52. The Bertz CT molecular complexity index is 854. The maximum Gasteiger partial charge on any atom is 0.287 e. The topological polar surface area (TPSA) is 85.0 Å². The summed E-state index contributed by atoms with van der Waals surface area (Å²) in [6, 6.07) is 8.39. The van der Waals surface area contributed by atoms with E-state index in [2.05, 4.69) is 52.9 Å². The van der Waals surface area contributed by atoms with Crippen LogP contribution < -0.4 is 10.3 Å². The van der Waals surface area contributed by atoms with E-state index in [4.69, 9.17) is 10.00 Å². The normalized spacial score (nSPS) is 10.9. The summed E-state index contributed by atoms with van der Waals surface area (Å²) in [6.07, 6.45) is 1.31. The molecule has 0 aliphatic carbocycles. The van der Waals surface area contributed by atoms with E-state index < -0.39 is 8.92 Å². The van der Waals surface area contributed by atoms with Gasteiger partial charge in [-0.05, 0) is 79.0 Å². The third-order valence-corrected chi connectivity index (χ3v) is 5.31. The summed E-state index contributed by atoms with van der Waals surface area (Å²) in [7, 11) is 0. The van der Waals surface area contributed by atoms with Crippen molar-refractivity contribution in [3.05, 3.63) is 50.9 Å². The number of nitriles is 1. The van der Waals surface area contributed by atoms with Crippen molar-refractivity contribution in [2.45, 2.75) is 10.3 Å². The summed E-state index contributed by atoms with van der Waals surface area (Å²) in [5.41, 5.74) is -0.0603. The van der Waals surface area contributed by atoms with Crippen molar-refractivity contribution in [1.82, 2.24) is 9.78 Å². The molecule has 118 valence electrons. The molecule has 9 heteroatoms. The van der Waals surface area contributed by atoms with Gasteiger partial charge in [-0.25, -0.2) is 0 Å². The molecular formula is C14H8Br3N3O3. The van der Waals surface area contributed by atoms with Crippen molar-refractivity contribution >= 4 is 53.6 Å². The number of aromatic nitrogens is 2. The highest BCUT2D eigenvalue weighted by Crippen LogP contribution is 2.33. The zero-order valence-electron chi connectivity index (χ0n) is 11.6. The van der Waals surface area contributed by atoms with Crippen LogP contribution in [0.15, 0.2) is 39.7 Å². The SMILES string of the molecule is CC(=O)C(Br)(Br)n1ncc(Oc2ccc(C#N)cc2)c(Br)c1=O. The maximum atomic E-state index is 12.3. The fraction of sp³-hybridized carbons (Fsp3) is 0.143. The van der Waals surface area contributed by atoms with Gasteiger partial charge in [0, 0.05) is 0 Å². The largest absolute Gasteiger partial charge is 0.454 e. The number of carbonyl (C=O) groups is 1. The van der Waals surface area contributed by atoms with Gasteiger partial charge in [-0.15, -0.1) is 0 Å². The van der Waals surface area contributed by atoms with Gasteiger partial charge in [0.15, 0.2) is 11.5 Å². The van der Waals surface area contributed by atoms with Crippen molar-refractivity contribution in [3.8, 4) is 17.6 Å². The monoisotopic (exact) mass is 503 g/mol. The van der Waals surface area contributed by atoms with Crippen LogP contribution in [0.1, 0.15) is 12.5 Å². The van der Waals surface area contributed by atoms with Gasteiger partial charge in [0.1, 0.15) is 10.2 Å². The summed E-state index contributed by atoms with van der Waals surface area (Å²) in [5, 5.41) is 12.7. The minimum atomic E-state index is -1.42. The number of ether oxygens (including phenoxy) is 1. The van der Waals surface area contributed by atoms with Crippen molar-refractivity contribution in [2.24, 2.45) is 0 Å². The average molecular weight is 506 g/mol. The Hall–Kier alpha value is -1.50. The lowest BCUT2D eigenvalue weighted by molar-refractivity contribution is -0.118. The second-order valence-corrected chi connectivity index (χ2v) is 8.53. The predicted molar refractivity (Wildman–Crippen MR) is 93.9 cm³/mol. The summed E-state index contributed by atoms with van der Waals surface area (Å²) < 4.78 is 5.21. The molecule has 0 unspecified atom stereocenters. The number of hydrogen-bond donors (Lipinski definition) is 0. The molecule has 0 aliphatic heterocycles. The van der Waals surface area contributed by atoms with Crippen LogP contribution in [0.4, 0.5) is 0 Å². The maximum absolute atomic E-state index is 12.3. The van der Waals surface area contributed by atoms with Crippen molar-refractivity contribution in [3.63, 3.8) is 0 Å². The highest BCUT2D eigenvalue weighted by Gasteiger charge is 2.34. The number of ketones is 1. The summed E-state index contributed by atoms with van der Waals surface area (Å²) in [6.45, 7) is 1.31. The van der Waals surface area contributed by atoms with E-state index in [1.807, 2.05) is 6.07 Å². The third-order valence-electron chi connectivity index (χ3n) is 2.79. The standard InChI is InChI=1S/C14H8Br3N3O3/c1-8(21)14(16,17)20-13(22)12(15)11(7-19-20)23-10-4-2-9(6-18)3-5-10/h2-5,7H,1H3. The quantitative estimate of drug-likeness (QED) is 0.592.